The van der Waals surface area contributed by atoms with Crippen LogP contribution in [-0.4, -0.2) is 23.1 Å². The molecule has 5 nitrogen and oxygen atoms in total. The van der Waals surface area contributed by atoms with Crippen molar-refractivity contribution in [3.05, 3.63) is 35.7 Å². The number of benzene rings is 1. The van der Waals surface area contributed by atoms with Crippen molar-refractivity contribution in [1.82, 2.24) is 9.97 Å². The second-order valence-electron chi connectivity index (χ2n) is 4.71. The highest BCUT2D eigenvalue weighted by Crippen LogP contribution is 2.24. The van der Waals surface area contributed by atoms with E-state index in [0.717, 1.165) is 41.0 Å². The SMILES string of the molecule is CCNc1nc(C)nc(Nc2ccc(OCC)cc2)c1C. The summed E-state index contributed by atoms with van der Waals surface area (Å²) in [6.45, 7) is 9.43. The fourth-order valence-corrected chi connectivity index (χ4v) is 2.03. The minimum absolute atomic E-state index is 0.670. The predicted octanol–water partition coefficient (Wildman–Crippen LogP) is 3.67. The summed E-state index contributed by atoms with van der Waals surface area (Å²) in [4.78, 5) is 8.90. The van der Waals surface area contributed by atoms with E-state index in [9.17, 15) is 0 Å². The third kappa shape index (κ3) is 3.84. The third-order valence-corrected chi connectivity index (χ3v) is 3.03. The molecule has 0 aliphatic heterocycles. The Kier molecular flexibility index (Phi) is 4.98. The first-order valence-corrected chi connectivity index (χ1v) is 7.23. The van der Waals surface area contributed by atoms with E-state index in [1.54, 1.807) is 0 Å². The highest BCUT2D eigenvalue weighted by Gasteiger charge is 2.08. The lowest BCUT2D eigenvalue weighted by Crippen LogP contribution is -2.07. The zero-order valence-corrected chi connectivity index (χ0v) is 13.0. The first-order valence-electron chi connectivity index (χ1n) is 7.23. The smallest absolute Gasteiger partial charge is 0.139 e. The molecule has 2 N–H and O–H groups in total. The largest absolute Gasteiger partial charge is 0.494 e. The predicted molar refractivity (Wildman–Crippen MR) is 86.6 cm³/mol. The van der Waals surface area contributed by atoms with Gasteiger partial charge in [-0.25, -0.2) is 9.97 Å². The van der Waals surface area contributed by atoms with Gasteiger partial charge in [-0.15, -0.1) is 0 Å². The first kappa shape index (κ1) is 15.1. The molecule has 2 aromatic rings. The molecule has 112 valence electrons. The first-order chi connectivity index (χ1) is 10.1. The molecule has 5 heteroatoms. The van der Waals surface area contributed by atoms with Crippen LogP contribution in [0.3, 0.4) is 0 Å². The van der Waals surface area contributed by atoms with E-state index >= 15 is 0 Å². The Morgan fingerprint density at radius 1 is 1.00 bits per heavy atom. The van der Waals surface area contributed by atoms with Crippen LogP contribution in [0.4, 0.5) is 17.3 Å². The van der Waals surface area contributed by atoms with E-state index in [2.05, 4.69) is 27.5 Å². The van der Waals surface area contributed by atoms with E-state index in [1.165, 1.54) is 0 Å². The summed E-state index contributed by atoms with van der Waals surface area (Å²) in [5.74, 6) is 3.30. The maximum Gasteiger partial charge on any atom is 0.139 e. The summed E-state index contributed by atoms with van der Waals surface area (Å²) in [5.41, 5.74) is 1.98. The Hall–Kier alpha value is -2.30. The lowest BCUT2D eigenvalue weighted by atomic mass is 10.2. The van der Waals surface area contributed by atoms with E-state index < -0.39 is 0 Å². The van der Waals surface area contributed by atoms with Gasteiger partial charge in [0.1, 0.15) is 23.2 Å². The second kappa shape index (κ2) is 6.92. The zero-order chi connectivity index (χ0) is 15.2. The van der Waals surface area contributed by atoms with Crippen molar-refractivity contribution in [2.75, 3.05) is 23.8 Å². The van der Waals surface area contributed by atoms with Gasteiger partial charge in [-0.3, -0.25) is 0 Å². The fraction of sp³-hybridized carbons (Fsp3) is 0.375. The molecule has 0 fully saturated rings. The normalized spacial score (nSPS) is 10.3. The van der Waals surface area contributed by atoms with Crippen LogP contribution < -0.4 is 15.4 Å². The minimum atomic E-state index is 0.670. The van der Waals surface area contributed by atoms with Crippen LogP contribution in [0, 0.1) is 13.8 Å². The Bertz CT molecular complexity index is 596. The molecule has 0 saturated carbocycles. The van der Waals surface area contributed by atoms with Crippen molar-refractivity contribution in [2.24, 2.45) is 0 Å². The van der Waals surface area contributed by atoms with Gasteiger partial charge in [-0.05, 0) is 52.0 Å². The van der Waals surface area contributed by atoms with Crippen LogP contribution in [-0.2, 0) is 0 Å². The van der Waals surface area contributed by atoms with Gasteiger partial charge in [-0.2, -0.15) is 0 Å². The third-order valence-electron chi connectivity index (χ3n) is 3.03. The maximum atomic E-state index is 5.44. The molecule has 0 atom stereocenters. The van der Waals surface area contributed by atoms with Gasteiger partial charge >= 0.3 is 0 Å². The van der Waals surface area contributed by atoms with Crippen LogP contribution in [0.1, 0.15) is 25.2 Å². The molecular weight excluding hydrogens is 264 g/mol. The summed E-state index contributed by atoms with van der Waals surface area (Å²) >= 11 is 0. The van der Waals surface area contributed by atoms with Gasteiger partial charge in [0.25, 0.3) is 0 Å². The lowest BCUT2D eigenvalue weighted by molar-refractivity contribution is 0.340. The molecule has 2 rings (SSSR count). The van der Waals surface area contributed by atoms with Crippen molar-refractivity contribution in [3.8, 4) is 5.75 Å². The lowest BCUT2D eigenvalue weighted by Gasteiger charge is -2.14. The number of anilines is 3. The molecule has 0 radical (unpaired) electrons. The minimum Gasteiger partial charge on any atom is -0.494 e. The molecule has 0 saturated heterocycles. The highest BCUT2D eigenvalue weighted by molar-refractivity contribution is 5.65. The Labute approximate surface area is 125 Å². The van der Waals surface area contributed by atoms with E-state index in [-0.39, 0.29) is 0 Å². The monoisotopic (exact) mass is 286 g/mol. The highest BCUT2D eigenvalue weighted by atomic mass is 16.5. The average Bonchev–Trinajstić information content (AvgIpc) is 2.46. The number of aryl methyl sites for hydroxylation is 1. The summed E-state index contributed by atoms with van der Waals surface area (Å²) < 4.78 is 5.44. The van der Waals surface area contributed by atoms with Crippen LogP contribution >= 0.6 is 0 Å². The number of ether oxygens (including phenoxy) is 1. The molecule has 0 spiro atoms. The molecule has 0 unspecified atom stereocenters. The van der Waals surface area contributed by atoms with Gasteiger partial charge < -0.3 is 15.4 Å². The quantitative estimate of drug-likeness (QED) is 0.848. The van der Waals surface area contributed by atoms with Crippen molar-refractivity contribution >= 4 is 17.3 Å². The van der Waals surface area contributed by atoms with Gasteiger partial charge in [0.15, 0.2) is 0 Å². The summed E-state index contributed by atoms with van der Waals surface area (Å²) in [6.07, 6.45) is 0. The summed E-state index contributed by atoms with van der Waals surface area (Å²) in [5, 5.41) is 6.59. The van der Waals surface area contributed by atoms with Gasteiger partial charge in [-0.1, -0.05) is 0 Å². The Morgan fingerprint density at radius 3 is 2.29 bits per heavy atom. The van der Waals surface area contributed by atoms with Gasteiger partial charge in [0, 0.05) is 17.8 Å². The van der Waals surface area contributed by atoms with Crippen molar-refractivity contribution < 1.29 is 4.74 Å². The zero-order valence-electron chi connectivity index (χ0n) is 13.0. The number of hydrogen-bond acceptors (Lipinski definition) is 5. The van der Waals surface area contributed by atoms with E-state index in [0.29, 0.717) is 6.61 Å². The molecule has 1 aromatic carbocycles. The molecule has 1 heterocycles. The summed E-state index contributed by atoms with van der Waals surface area (Å²) in [6, 6.07) is 7.85. The number of nitrogens with one attached hydrogen (secondary N) is 2. The molecule has 0 bridgehead atoms. The van der Waals surface area contributed by atoms with E-state index in [1.807, 2.05) is 45.0 Å². The molecule has 0 aliphatic rings. The average molecular weight is 286 g/mol. The number of aromatic nitrogens is 2. The van der Waals surface area contributed by atoms with Crippen molar-refractivity contribution in [1.29, 1.82) is 0 Å². The van der Waals surface area contributed by atoms with Crippen LogP contribution in [0.15, 0.2) is 24.3 Å². The Morgan fingerprint density at radius 2 is 1.67 bits per heavy atom. The molecular formula is C16H22N4O. The van der Waals surface area contributed by atoms with Crippen LogP contribution in [0.2, 0.25) is 0 Å². The van der Waals surface area contributed by atoms with E-state index in [4.69, 9.17) is 4.74 Å². The fourth-order valence-electron chi connectivity index (χ4n) is 2.03. The topological polar surface area (TPSA) is 59.1 Å². The molecule has 0 amide bonds. The van der Waals surface area contributed by atoms with Crippen LogP contribution in [0.5, 0.6) is 5.75 Å². The second-order valence-corrected chi connectivity index (χ2v) is 4.71. The maximum absolute atomic E-state index is 5.44. The van der Waals surface area contributed by atoms with Crippen molar-refractivity contribution in [3.63, 3.8) is 0 Å². The van der Waals surface area contributed by atoms with Gasteiger partial charge in [0.05, 0.1) is 6.61 Å². The Balaban J connectivity index is 2.22. The molecule has 0 aliphatic carbocycles. The van der Waals surface area contributed by atoms with Crippen molar-refractivity contribution in [2.45, 2.75) is 27.7 Å². The van der Waals surface area contributed by atoms with Gasteiger partial charge in [0.2, 0.25) is 0 Å². The number of nitrogens with zero attached hydrogens (tertiary/aromatic N) is 2. The number of hydrogen-bond donors (Lipinski definition) is 2. The standard InChI is InChI=1S/C16H22N4O/c1-5-17-15-11(3)16(19-12(4)18-15)20-13-7-9-14(10-8-13)21-6-2/h7-10H,5-6H2,1-4H3,(H2,17,18,19,20). The molecule has 21 heavy (non-hydrogen) atoms. The number of rotatable bonds is 6. The van der Waals surface area contributed by atoms with Crippen LogP contribution in [0.25, 0.3) is 0 Å². The molecule has 1 aromatic heterocycles. The summed E-state index contributed by atoms with van der Waals surface area (Å²) in [7, 11) is 0.